The molecule has 2 aromatic rings. The van der Waals surface area contributed by atoms with Crippen molar-refractivity contribution < 1.29 is 27.9 Å². The third kappa shape index (κ3) is 2.89. The first-order valence-electron chi connectivity index (χ1n) is 10.3. The van der Waals surface area contributed by atoms with Gasteiger partial charge in [0.05, 0.1) is 23.5 Å². The molecule has 3 aliphatic rings. The molecule has 1 aliphatic carbocycles. The van der Waals surface area contributed by atoms with Gasteiger partial charge in [0.1, 0.15) is 29.2 Å². The minimum Gasteiger partial charge on any atom is -0.371 e. The quantitative estimate of drug-likeness (QED) is 0.757. The van der Waals surface area contributed by atoms with Gasteiger partial charge in [0.15, 0.2) is 0 Å². The molecule has 3 heterocycles. The van der Waals surface area contributed by atoms with Crippen LogP contribution < -0.4 is 5.32 Å². The number of aliphatic hydroxyl groups is 1. The van der Waals surface area contributed by atoms with E-state index in [0.717, 1.165) is 11.1 Å². The van der Waals surface area contributed by atoms with Crippen LogP contribution in [0.2, 0.25) is 0 Å². The summed E-state index contributed by atoms with van der Waals surface area (Å²) < 4.78 is 41.6. The molecule has 32 heavy (non-hydrogen) atoms. The maximum Gasteiger partial charge on any atom is 0.323 e. The number of anilines is 1. The Kier molecular flexibility index (Phi) is 4.33. The molecular weight excluding hydrogens is 425 g/mol. The van der Waals surface area contributed by atoms with Crippen molar-refractivity contribution in [1.82, 2.24) is 14.8 Å². The fourth-order valence-electron chi connectivity index (χ4n) is 5.19. The number of amides is 3. The van der Waals surface area contributed by atoms with Gasteiger partial charge in [0.2, 0.25) is 5.91 Å². The number of hydrogen-bond acceptors (Lipinski definition) is 4. The van der Waals surface area contributed by atoms with E-state index in [2.05, 4.69) is 10.3 Å². The first kappa shape index (κ1) is 20.7. The zero-order valence-corrected chi connectivity index (χ0v) is 17.4. The summed E-state index contributed by atoms with van der Waals surface area (Å²) in [5, 5.41) is 13.8. The topological polar surface area (TPSA) is 85.8 Å². The van der Waals surface area contributed by atoms with E-state index in [1.165, 1.54) is 36.9 Å². The molecular formula is C22H21F3N4O3. The van der Waals surface area contributed by atoms with Crippen LogP contribution >= 0.6 is 0 Å². The largest absolute Gasteiger partial charge is 0.371 e. The second-order valence-electron chi connectivity index (χ2n) is 8.86. The number of carbonyl (C=O) groups is 2. The van der Waals surface area contributed by atoms with E-state index in [9.17, 15) is 27.9 Å². The summed E-state index contributed by atoms with van der Waals surface area (Å²) in [5.41, 5.74) is -1.68. The Labute approximate surface area is 181 Å². The molecule has 1 spiro atoms. The van der Waals surface area contributed by atoms with Crippen LogP contribution in [0.4, 0.5) is 23.7 Å². The monoisotopic (exact) mass is 446 g/mol. The molecule has 1 saturated heterocycles. The van der Waals surface area contributed by atoms with E-state index in [4.69, 9.17) is 0 Å². The van der Waals surface area contributed by atoms with Crippen LogP contribution in [0, 0.1) is 17.5 Å². The molecule has 3 amide bonds. The number of nitrogens with zero attached hydrogens (tertiary/aromatic N) is 3. The highest BCUT2D eigenvalue weighted by atomic mass is 19.1. The lowest BCUT2D eigenvalue weighted by molar-refractivity contribution is -0.149. The predicted molar refractivity (Wildman–Crippen MR) is 107 cm³/mol. The van der Waals surface area contributed by atoms with Gasteiger partial charge in [-0.2, -0.15) is 0 Å². The number of likely N-dealkylation sites (tertiary alicyclic amines) is 1. The number of benzene rings is 1. The number of carbonyl (C=O) groups excluding carboxylic acids is 2. The molecule has 1 unspecified atom stereocenters. The zero-order valence-electron chi connectivity index (χ0n) is 17.4. The number of fused-ring (bicyclic) bond motifs is 2. The lowest BCUT2D eigenvalue weighted by atomic mass is 9.95. The Morgan fingerprint density at radius 3 is 2.56 bits per heavy atom. The van der Waals surface area contributed by atoms with Crippen LogP contribution in [0.25, 0.3) is 0 Å². The Hall–Kier alpha value is -3.14. The van der Waals surface area contributed by atoms with Crippen LogP contribution in [0.3, 0.4) is 0 Å². The molecule has 0 radical (unpaired) electrons. The number of rotatable bonds is 3. The van der Waals surface area contributed by atoms with Crippen molar-refractivity contribution in [2.45, 2.75) is 56.5 Å². The summed E-state index contributed by atoms with van der Waals surface area (Å²) in [6, 6.07) is 2.18. The second kappa shape index (κ2) is 6.68. The lowest BCUT2D eigenvalue weighted by Crippen LogP contribution is -2.55. The third-order valence-corrected chi connectivity index (χ3v) is 6.68. The summed E-state index contributed by atoms with van der Waals surface area (Å²) in [5.74, 6) is -2.84. The molecule has 2 fully saturated rings. The summed E-state index contributed by atoms with van der Waals surface area (Å²) >= 11 is 0. The Morgan fingerprint density at radius 1 is 1.19 bits per heavy atom. The van der Waals surface area contributed by atoms with Crippen molar-refractivity contribution in [3.63, 3.8) is 0 Å². The molecule has 10 heteroatoms. The molecule has 168 valence electrons. The number of hydrogen-bond donors (Lipinski definition) is 2. The van der Waals surface area contributed by atoms with E-state index in [0.29, 0.717) is 30.2 Å². The highest BCUT2D eigenvalue weighted by Gasteiger charge is 2.62. The number of nitrogens with one attached hydrogen (secondary N) is 1. The van der Waals surface area contributed by atoms with E-state index >= 15 is 0 Å². The van der Waals surface area contributed by atoms with Gasteiger partial charge in [-0.1, -0.05) is 0 Å². The van der Waals surface area contributed by atoms with Crippen molar-refractivity contribution in [2.75, 3.05) is 5.32 Å². The fraction of sp³-hybridized carbons (Fsp3) is 0.409. The Bertz CT molecular complexity index is 1150. The van der Waals surface area contributed by atoms with E-state index < -0.39 is 52.7 Å². The van der Waals surface area contributed by atoms with Crippen molar-refractivity contribution in [3.05, 3.63) is 59.2 Å². The second-order valence-corrected chi connectivity index (χ2v) is 8.86. The van der Waals surface area contributed by atoms with Gasteiger partial charge in [-0.05, 0) is 44.9 Å². The zero-order chi connectivity index (χ0) is 23.0. The molecule has 1 aromatic heterocycles. The van der Waals surface area contributed by atoms with E-state index in [1.54, 1.807) is 0 Å². The summed E-state index contributed by atoms with van der Waals surface area (Å²) in [6.07, 6.45) is 1.81. The summed E-state index contributed by atoms with van der Waals surface area (Å²) in [7, 11) is 0. The van der Waals surface area contributed by atoms with Crippen LogP contribution in [0.1, 0.15) is 50.4 Å². The van der Waals surface area contributed by atoms with Crippen molar-refractivity contribution >= 4 is 17.6 Å². The van der Waals surface area contributed by atoms with Crippen LogP contribution in [0.15, 0.2) is 30.5 Å². The average molecular weight is 446 g/mol. The molecule has 1 aromatic carbocycles. The van der Waals surface area contributed by atoms with Gasteiger partial charge < -0.3 is 20.2 Å². The molecule has 0 bridgehead atoms. The molecule has 3 atom stereocenters. The van der Waals surface area contributed by atoms with Gasteiger partial charge in [-0.15, -0.1) is 0 Å². The van der Waals surface area contributed by atoms with Gasteiger partial charge in [0, 0.05) is 23.7 Å². The van der Waals surface area contributed by atoms with Crippen LogP contribution in [-0.2, 0) is 10.3 Å². The van der Waals surface area contributed by atoms with Crippen molar-refractivity contribution in [3.8, 4) is 0 Å². The van der Waals surface area contributed by atoms with Gasteiger partial charge >= 0.3 is 6.03 Å². The third-order valence-electron chi connectivity index (χ3n) is 6.68. The smallest absolute Gasteiger partial charge is 0.323 e. The SMILES string of the molecule is C[C@@H](c1ncc(F)cc1F)N1C(=O)[C@H](N2C(=O)Nc3ccc(F)cc3C23CC3)CC1(C)O. The Morgan fingerprint density at radius 2 is 1.91 bits per heavy atom. The maximum atomic E-state index is 14.4. The Balaban J connectivity index is 1.52. The van der Waals surface area contributed by atoms with E-state index in [1.807, 2.05) is 0 Å². The normalized spacial score (nSPS) is 26.9. The molecule has 2 N–H and O–H groups in total. The van der Waals surface area contributed by atoms with Gasteiger partial charge in [-0.3, -0.25) is 9.78 Å². The number of aromatic nitrogens is 1. The number of halogens is 3. The minimum atomic E-state index is -1.72. The highest BCUT2D eigenvalue weighted by Crippen LogP contribution is 2.58. The fourth-order valence-corrected chi connectivity index (χ4v) is 5.19. The maximum absolute atomic E-state index is 14.4. The van der Waals surface area contributed by atoms with Crippen molar-refractivity contribution in [1.29, 1.82) is 0 Å². The average Bonchev–Trinajstić information content (AvgIpc) is 3.44. The van der Waals surface area contributed by atoms with E-state index in [-0.39, 0.29) is 12.1 Å². The molecule has 1 saturated carbocycles. The predicted octanol–water partition coefficient (Wildman–Crippen LogP) is 3.41. The highest BCUT2D eigenvalue weighted by molar-refractivity contribution is 5.98. The first-order valence-corrected chi connectivity index (χ1v) is 10.3. The van der Waals surface area contributed by atoms with Gasteiger partial charge in [0.25, 0.3) is 0 Å². The van der Waals surface area contributed by atoms with Gasteiger partial charge in [-0.25, -0.2) is 18.0 Å². The number of pyridine rings is 1. The first-order chi connectivity index (χ1) is 15.0. The summed E-state index contributed by atoms with van der Waals surface area (Å²) in [6.45, 7) is 2.88. The molecule has 2 aliphatic heterocycles. The standard InChI is InChI=1S/C22H21F3N4O3/c1-11(18-15(25)8-13(24)10-26-18)28-19(30)17(9-21(28,2)32)29-20(31)27-16-4-3-12(23)7-14(16)22(29)5-6-22/h3-4,7-8,10-11,17,32H,5-6,9H2,1-2H3,(H,27,31)/t11-,17+,21?/m0/s1. The van der Waals surface area contributed by atoms with Crippen molar-refractivity contribution in [2.24, 2.45) is 0 Å². The number of urea groups is 1. The lowest BCUT2D eigenvalue weighted by Gasteiger charge is -2.41. The molecule has 7 nitrogen and oxygen atoms in total. The molecule has 5 rings (SSSR count). The summed E-state index contributed by atoms with van der Waals surface area (Å²) in [4.78, 5) is 32.8. The minimum absolute atomic E-state index is 0.126. The van der Waals surface area contributed by atoms with Crippen LogP contribution in [-0.4, -0.2) is 43.6 Å². The van der Waals surface area contributed by atoms with Crippen LogP contribution in [0.5, 0.6) is 0 Å².